The van der Waals surface area contributed by atoms with E-state index in [0.717, 1.165) is 37.8 Å². The zero-order valence-corrected chi connectivity index (χ0v) is 16.1. The SMILES string of the molecule is Cc1cnc2c(c1)c1c(n2C=C2CCCC3CCCCC23)CCNCC1. The van der Waals surface area contributed by atoms with Crippen LogP contribution in [0, 0.1) is 18.8 Å². The molecule has 2 saturated carbocycles. The van der Waals surface area contributed by atoms with E-state index in [-0.39, 0.29) is 0 Å². The lowest BCUT2D eigenvalue weighted by Gasteiger charge is -2.37. The quantitative estimate of drug-likeness (QED) is 0.796. The molecule has 2 unspecified atom stereocenters. The summed E-state index contributed by atoms with van der Waals surface area (Å²) < 4.78 is 2.49. The van der Waals surface area contributed by atoms with Gasteiger partial charge in [0.1, 0.15) is 5.65 Å². The van der Waals surface area contributed by atoms with E-state index in [1.54, 1.807) is 5.57 Å². The summed E-state index contributed by atoms with van der Waals surface area (Å²) in [5, 5.41) is 4.97. The van der Waals surface area contributed by atoms with Crippen molar-refractivity contribution in [3.63, 3.8) is 0 Å². The highest BCUT2D eigenvalue weighted by atomic mass is 15.0. The second-order valence-electron chi connectivity index (χ2n) is 8.68. The lowest BCUT2D eigenvalue weighted by molar-refractivity contribution is 0.224. The van der Waals surface area contributed by atoms with Gasteiger partial charge in [-0.3, -0.25) is 0 Å². The van der Waals surface area contributed by atoms with Gasteiger partial charge in [0, 0.05) is 36.4 Å². The molecule has 26 heavy (non-hydrogen) atoms. The number of nitrogens with one attached hydrogen (secondary N) is 1. The number of nitrogens with zero attached hydrogens (tertiary/aromatic N) is 2. The van der Waals surface area contributed by atoms with E-state index in [9.17, 15) is 0 Å². The highest BCUT2D eigenvalue weighted by molar-refractivity contribution is 5.85. The molecule has 2 aliphatic carbocycles. The molecule has 3 nitrogen and oxygen atoms in total. The molecule has 0 bridgehead atoms. The van der Waals surface area contributed by atoms with Crippen LogP contribution in [0.3, 0.4) is 0 Å². The molecule has 2 aromatic rings. The van der Waals surface area contributed by atoms with E-state index >= 15 is 0 Å². The highest BCUT2D eigenvalue weighted by Gasteiger charge is 2.31. The normalized spacial score (nSPS) is 28.0. The van der Waals surface area contributed by atoms with Gasteiger partial charge in [-0.1, -0.05) is 18.4 Å². The van der Waals surface area contributed by atoms with Gasteiger partial charge in [-0.15, -0.1) is 0 Å². The third-order valence-corrected chi connectivity index (χ3v) is 7.01. The molecule has 2 atom stereocenters. The first-order valence-electron chi connectivity index (χ1n) is 10.7. The van der Waals surface area contributed by atoms with Crippen molar-refractivity contribution in [1.82, 2.24) is 14.9 Å². The topological polar surface area (TPSA) is 29.9 Å². The molecule has 3 heterocycles. The maximum atomic E-state index is 4.88. The third-order valence-electron chi connectivity index (χ3n) is 7.01. The Hall–Kier alpha value is -1.61. The van der Waals surface area contributed by atoms with Crippen molar-refractivity contribution in [3.8, 4) is 0 Å². The minimum atomic E-state index is 0.833. The summed E-state index contributed by atoms with van der Waals surface area (Å²) in [4.78, 5) is 4.88. The number of rotatable bonds is 1. The van der Waals surface area contributed by atoms with Gasteiger partial charge >= 0.3 is 0 Å². The highest BCUT2D eigenvalue weighted by Crippen LogP contribution is 2.44. The molecular weight excluding hydrogens is 318 g/mol. The Balaban J connectivity index is 1.65. The number of aryl methyl sites for hydroxylation is 1. The third kappa shape index (κ3) is 2.81. The molecule has 3 heteroatoms. The number of pyridine rings is 1. The average molecular weight is 350 g/mol. The molecule has 1 aliphatic heterocycles. The average Bonchev–Trinajstić information content (AvgIpc) is 2.82. The van der Waals surface area contributed by atoms with Crippen LogP contribution < -0.4 is 5.32 Å². The van der Waals surface area contributed by atoms with Gasteiger partial charge in [-0.05, 0) is 81.0 Å². The van der Waals surface area contributed by atoms with Crippen LogP contribution in [0.2, 0.25) is 0 Å². The molecule has 0 saturated heterocycles. The first kappa shape index (κ1) is 16.6. The molecule has 0 amide bonds. The molecule has 2 aromatic heterocycles. The summed E-state index contributed by atoms with van der Waals surface area (Å²) in [6.45, 7) is 4.33. The van der Waals surface area contributed by atoms with Crippen molar-refractivity contribution < 1.29 is 0 Å². The van der Waals surface area contributed by atoms with Crippen LogP contribution in [0.5, 0.6) is 0 Å². The van der Waals surface area contributed by atoms with Gasteiger partial charge in [0.25, 0.3) is 0 Å². The van der Waals surface area contributed by atoms with Crippen LogP contribution in [0.1, 0.15) is 61.8 Å². The maximum absolute atomic E-state index is 4.88. The Bertz CT molecular complexity index is 843. The van der Waals surface area contributed by atoms with Crippen LogP contribution in [0.25, 0.3) is 17.2 Å². The summed E-state index contributed by atoms with van der Waals surface area (Å²) in [5.74, 6) is 1.78. The molecular formula is C23H31N3. The second kappa shape index (κ2) is 6.84. The summed E-state index contributed by atoms with van der Waals surface area (Å²) in [5.41, 5.74) is 7.21. The Labute approximate surface area is 156 Å². The van der Waals surface area contributed by atoms with Gasteiger partial charge in [-0.25, -0.2) is 4.98 Å². The van der Waals surface area contributed by atoms with Crippen molar-refractivity contribution in [2.45, 2.75) is 64.7 Å². The number of aromatic nitrogens is 2. The van der Waals surface area contributed by atoms with Gasteiger partial charge in [0.15, 0.2) is 0 Å². The second-order valence-corrected chi connectivity index (χ2v) is 8.68. The van der Waals surface area contributed by atoms with E-state index in [0.29, 0.717) is 0 Å². The first-order chi connectivity index (χ1) is 12.8. The fraction of sp³-hybridized carbons (Fsp3) is 0.609. The Morgan fingerprint density at radius 2 is 1.92 bits per heavy atom. The van der Waals surface area contributed by atoms with Crippen molar-refractivity contribution >= 4 is 17.2 Å². The maximum Gasteiger partial charge on any atom is 0.144 e. The summed E-state index contributed by atoms with van der Waals surface area (Å²) in [7, 11) is 0. The van der Waals surface area contributed by atoms with Gasteiger partial charge in [0.05, 0.1) is 0 Å². The van der Waals surface area contributed by atoms with Gasteiger partial charge in [0.2, 0.25) is 0 Å². The molecule has 0 aromatic carbocycles. The predicted octanol–water partition coefficient (Wildman–Crippen LogP) is 4.86. The van der Waals surface area contributed by atoms with E-state index in [1.807, 2.05) is 6.20 Å². The van der Waals surface area contributed by atoms with Crippen LogP contribution in [-0.2, 0) is 12.8 Å². The van der Waals surface area contributed by atoms with Crippen LogP contribution in [0.15, 0.2) is 17.8 Å². The molecule has 0 radical (unpaired) electrons. The fourth-order valence-corrected chi connectivity index (χ4v) is 5.76. The van der Waals surface area contributed by atoms with Crippen molar-refractivity contribution in [3.05, 3.63) is 34.7 Å². The minimum absolute atomic E-state index is 0.833. The molecule has 138 valence electrons. The molecule has 0 spiro atoms. The molecule has 1 N–H and O–H groups in total. The molecule has 2 fully saturated rings. The number of hydrogen-bond donors (Lipinski definition) is 1. The monoisotopic (exact) mass is 349 g/mol. The standard InChI is InChI=1S/C23H31N3/c1-16-13-21-20-9-11-24-12-10-22(20)26(23(21)25-14-16)15-18-7-4-6-17-5-2-3-8-19(17)18/h13-15,17,19,24H,2-12H2,1H3. The number of hydrogen-bond acceptors (Lipinski definition) is 2. The zero-order chi connectivity index (χ0) is 17.5. The van der Waals surface area contributed by atoms with E-state index in [4.69, 9.17) is 4.98 Å². The van der Waals surface area contributed by atoms with Crippen molar-refractivity contribution in [1.29, 1.82) is 0 Å². The largest absolute Gasteiger partial charge is 0.316 e. The Kier molecular flexibility index (Phi) is 4.36. The van der Waals surface area contributed by atoms with Crippen molar-refractivity contribution in [2.24, 2.45) is 11.8 Å². The predicted molar refractivity (Wildman–Crippen MR) is 108 cm³/mol. The summed E-state index contributed by atoms with van der Waals surface area (Å²) in [6.07, 6.45) is 16.7. The Morgan fingerprint density at radius 1 is 1.08 bits per heavy atom. The van der Waals surface area contributed by atoms with E-state index in [1.165, 1.54) is 72.8 Å². The summed E-state index contributed by atoms with van der Waals surface area (Å²) in [6, 6.07) is 2.35. The lowest BCUT2D eigenvalue weighted by Crippen LogP contribution is -2.25. The Morgan fingerprint density at radius 3 is 2.88 bits per heavy atom. The van der Waals surface area contributed by atoms with Gasteiger partial charge < -0.3 is 9.88 Å². The van der Waals surface area contributed by atoms with Crippen molar-refractivity contribution in [2.75, 3.05) is 13.1 Å². The summed E-state index contributed by atoms with van der Waals surface area (Å²) >= 11 is 0. The first-order valence-corrected chi connectivity index (χ1v) is 10.7. The smallest absolute Gasteiger partial charge is 0.144 e. The number of allylic oxidation sites excluding steroid dienone is 1. The van der Waals surface area contributed by atoms with Crippen LogP contribution in [-0.4, -0.2) is 22.6 Å². The van der Waals surface area contributed by atoms with E-state index in [2.05, 4.69) is 29.1 Å². The molecule has 5 rings (SSSR count). The van der Waals surface area contributed by atoms with Crippen LogP contribution >= 0.6 is 0 Å². The minimum Gasteiger partial charge on any atom is -0.316 e. The zero-order valence-electron chi connectivity index (χ0n) is 16.1. The number of fused-ring (bicyclic) bond motifs is 4. The fourth-order valence-electron chi connectivity index (χ4n) is 5.76. The van der Waals surface area contributed by atoms with Gasteiger partial charge in [-0.2, -0.15) is 0 Å². The van der Waals surface area contributed by atoms with E-state index < -0.39 is 0 Å². The lowest BCUT2D eigenvalue weighted by atomic mass is 9.68. The molecule has 3 aliphatic rings. The van der Waals surface area contributed by atoms with Crippen LogP contribution in [0.4, 0.5) is 0 Å².